The summed E-state index contributed by atoms with van der Waals surface area (Å²) in [7, 11) is 1.91. The summed E-state index contributed by atoms with van der Waals surface area (Å²) in [6, 6.07) is 17.3. The summed E-state index contributed by atoms with van der Waals surface area (Å²) in [5.74, 6) is 1.69. The number of primary amides is 1. The minimum atomic E-state index is -0.488. The normalized spacial score (nSPS) is 14.2. The molecule has 4 rings (SSSR count). The number of carbonyl (C=O) groups is 2. The van der Waals surface area contributed by atoms with E-state index in [2.05, 4.69) is 17.2 Å². The van der Waals surface area contributed by atoms with Crippen LogP contribution in [0.25, 0.3) is 11.3 Å². The van der Waals surface area contributed by atoms with E-state index in [0.717, 1.165) is 30.8 Å². The first kappa shape index (κ1) is 22.8. The van der Waals surface area contributed by atoms with E-state index in [1.807, 2.05) is 66.3 Å². The van der Waals surface area contributed by atoms with Crippen LogP contribution in [0.5, 0.6) is 11.5 Å². The molecule has 0 bridgehead atoms. The first-order valence-electron chi connectivity index (χ1n) is 10.3. The molecule has 0 spiro atoms. The molecule has 1 aliphatic rings. The Morgan fingerprint density at radius 3 is 2.50 bits per heavy atom. The molecule has 0 saturated carbocycles. The quantitative estimate of drug-likeness (QED) is 0.389. The zero-order chi connectivity index (χ0) is 22.9. The lowest BCUT2D eigenvalue weighted by molar-refractivity contribution is -0.104. The molecule has 32 heavy (non-hydrogen) atoms. The Morgan fingerprint density at radius 1 is 1.25 bits per heavy atom. The SMILES string of the molecule is C=CC=O.CNCC1CCNc2c(C(N)=O)c(-c3ccc(Oc4ccccc4)cc3)nn21. The molecule has 1 aromatic heterocycles. The largest absolute Gasteiger partial charge is 0.457 e. The summed E-state index contributed by atoms with van der Waals surface area (Å²) in [6.07, 6.45) is 2.76. The summed E-state index contributed by atoms with van der Waals surface area (Å²) < 4.78 is 7.72. The molecule has 1 unspecified atom stereocenters. The number of para-hydroxylation sites is 1. The lowest BCUT2D eigenvalue weighted by atomic mass is 10.1. The molecule has 2 heterocycles. The van der Waals surface area contributed by atoms with Crippen LogP contribution in [0, 0.1) is 0 Å². The maximum atomic E-state index is 12.2. The number of benzene rings is 2. The maximum Gasteiger partial charge on any atom is 0.254 e. The molecule has 0 saturated heterocycles. The van der Waals surface area contributed by atoms with Gasteiger partial charge in [-0.1, -0.05) is 24.8 Å². The maximum absolute atomic E-state index is 12.2. The van der Waals surface area contributed by atoms with E-state index in [9.17, 15) is 4.79 Å². The van der Waals surface area contributed by atoms with Crippen molar-refractivity contribution in [1.82, 2.24) is 15.1 Å². The molecule has 1 atom stereocenters. The number of aromatic nitrogens is 2. The van der Waals surface area contributed by atoms with Gasteiger partial charge in [-0.3, -0.25) is 9.59 Å². The Kier molecular flexibility index (Phi) is 7.77. The molecule has 0 fully saturated rings. The summed E-state index contributed by atoms with van der Waals surface area (Å²) in [5, 5.41) is 11.2. The second-order valence-electron chi connectivity index (χ2n) is 7.12. The molecule has 8 heteroatoms. The highest BCUT2D eigenvalue weighted by Crippen LogP contribution is 2.34. The molecular weight excluding hydrogens is 406 g/mol. The van der Waals surface area contributed by atoms with E-state index in [0.29, 0.717) is 29.1 Å². The number of nitrogens with one attached hydrogen (secondary N) is 2. The van der Waals surface area contributed by atoms with Gasteiger partial charge in [0.2, 0.25) is 0 Å². The van der Waals surface area contributed by atoms with Crippen LogP contribution >= 0.6 is 0 Å². The van der Waals surface area contributed by atoms with Crippen molar-refractivity contribution < 1.29 is 14.3 Å². The highest BCUT2D eigenvalue weighted by atomic mass is 16.5. The number of hydrogen-bond acceptors (Lipinski definition) is 6. The summed E-state index contributed by atoms with van der Waals surface area (Å²) >= 11 is 0. The Balaban J connectivity index is 0.000000668. The standard InChI is InChI=1S/C21H23N5O2.C3H4O/c1-23-13-15-11-12-24-21-18(20(22)27)19(25-26(15)21)14-7-9-17(10-8-14)28-16-5-3-2-4-6-16;1-2-3-4/h2-10,15,23-24H,11-13H2,1H3,(H2,22,27);2-3H,1H2. The molecule has 0 aliphatic carbocycles. The molecule has 1 amide bonds. The van der Waals surface area contributed by atoms with E-state index >= 15 is 0 Å². The molecule has 2 aromatic carbocycles. The van der Waals surface area contributed by atoms with Gasteiger partial charge < -0.3 is 21.1 Å². The number of allylic oxidation sites excluding steroid dienone is 1. The van der Waals surface area contributed by atoms with E-state index in [-0.39, 0.29) is 6.04 Å². The highest BCUT2D eigenvalue weighted by molar-refractivity contribution is 6.03. The number of carbonyl (C=O) groups excluding carboxylic acids is 2. The zero-order valence-corrected chi connectivity index (χ0v) is 18.0. The number of nitrogens with zero attached hydrogens (tertiary/aromatic N) is 2. The van der Waals surface area contributed by atoms with E-state index in [4.69, 9.17) is 20.4 Å². The predicted molar refractivity (Wildman–Crippen MR) is 125 cm³/mol. The Labute approximate surface area is 187 Å². The second kappa shape index (κ2) is 10.9. The van der Waals surface area contributed by atoms with Gasteiger partial charge in [-0.25, -0.2) is 4.68 Å². The van der Waals surface area contributed by atoms with Crippen molar-refractivity contribution in [2.45, 2.75) is 12.5 Å². The van der Waals surface area contributed by atoms with Crippen molar-refractivity contribution >= 4 is 18.0 Å². The Hall–Kier alpha value is -3.91. The van der Waals surface area contributed by atoms with Gasteiger partial charge in [0, 0.05) is 18.7 Å². The van der Waals surface area contributed by atoms with Crippen LogP contribution in [0.4, 0.5) is 5.82 Å². The molecule has 1 aliphatic heterocycles. The smallest absolute Gasteiger partial charge is 0.254 e. The van der Waals surface area contributed by atoms with Crippen molar-refractivity contribution in [1.29, 1.82) is 0 Å². The summed E-state index contributed by atoms with van der Waals surface area (Å²) in [6.45, 7) is 4.67. The van der Waals surface area contributed by atoms with E-state index in [1.165, 1.54) is 6.08 Å². The molecule has 0 radical (unpaired) electrons. The first-order valence-corrected chi connectivity index (χ1v) is 10.3. The van der Waals surface area contributed by atoms with Crippen molar-refractivity contribution in [2.75, 3.05) is 25.5 Å². The Bertz CT molecular complexity index is 1060. The highest BCUT2D eigenvalue weighted by Gasteiger charge is 2.29. The van der Waals surface area contributed by atoms with Gasteiger partial charge >= 0.3 is 0 Å². The van der Waals surface area contributed by atoms with Gasteiger partial charge in [0.1, 0.15) is 34.9 Å². The molecule has 3 aromatic rings. The third-order valence-electron chi connectivity index (χ3n) is 4.92. The molecule has 166 valence electrons. The van der Waals surface area contributed by atoms with Crippen LogP contribution in [0.15, 0.2) is 67.3 Å². The summed E-state index contributed by atoms with van der Waals surface area (Å²) in [4.78, 5) is 21.2. The minimum Gasteiger partial charge on any atom is -0.457 e. The average Bonchev–Trinajstić information content (AvgIpc) is 3.21. The molecule has 8 nitrogen and oxygen atoms in total. The third-order valence-corrected chi connectivity index (χ3v) is 4.92. The Morgan fingerprint density at radius 2 is 1.91 bits per heavy atom. The van der Waals surface area contributed by atoms with E-state index in [1.54, 1.807) is 0 Å². The predicted octanol–water partition coefficient (Wildman–Crippen LogP) is 3.39. The minimum absolute atomic E-state index is 0.175. The van der Waals surface area contributed by atoms with Crippen molar-refractivity contribution in [2.24, 2.45) is 5.73 Å². The van der Waals surface area contributed by atoms with Gasteiger partial charge in [-0.15, -0.1) is 0 Å². The van der Waals surface area contributed by atoms with Gasteiger partial charge in [-0.05, 0) is 55.9 Å². The third kappa shape index (κ3) is 5.22. The van der Waals surface area contributed by atoms with Crippen LogP contribution < -0.4 is 21.1 Å². The van der Waals surface area contributed by atoms with Crippen LogP contribution in [-0.4, -0.2) is 42.1 Å². The number of rotatable bonds is 7. The fourth-order valence-electron chi connectivity index (χ4n) is 3.51. The number of anilines is 1. The summed E-state index contributed by atoms with van der Waals surface area (Å²) in [5.41, 5.74) is 7.54. The number of nitrogens with two attached hydrogens (primary N) is 1. The molecule has 4 N–H and O–H groups in total. The van der Waals surface area contributed by atoms with Gasteiger partial charge in [0.15, 0.2) is 0 Å². The first-order chi connectivity index (χ1) is 15.6. The monoisotopic (exact) mass is 433 g/mol. The number of fused-ring (bicyclic) bond motifs is 1. The second-order valence-corrected chi connectivity index (χ2v) is 7.12. The number of amides is 1. The van der Waals surface area contributed by atoms with Gasteiger partial charge in [0.05, 0.1) is 6.04 Å². The number of aldehydes is 1. The van der Waals surface area contributed by atoms with Crippen molar-refractivity contribution in [3.8, 4) is 22.8 Å². The van der Waals surface area contributed by atoms with Crippen LogP contribution in [0.1, 0.15) is 22.8 Å². The zero-order valence-electron chi connectivity index (χ0n) is 18.0. The topological polar surface area (TPSA) is 111 Å². The van der Waals surface area contributed by atoms with Crippen LogP contribution in [0.3, 0.4) is 0 Å². The molecular formula is C24H27N5O3. The fraction of sp³-hybridized carbons (Fsp3) is 0.208. The van der Waals surface area contributed by atoms with Crippen LogP contribution in [-0.2, 0) is 4.79 Å². The average molecular weight is 434 g/mol. The lowest BCUT2D eigenvalue weighted by Crippen LogP contribution is -2.31. The number of hydrogen-bond donors (Lipinski definition) is 3. The fourth-order valence-corrected chi connectivity index (χ4v) is 3.51. The lowest BCUT2D eigenvalue weighted by Gasteiger charge is -2.25. The van der Waals surface area contributed by atoms with Gasteiger partial charge in [-0.2, -0.15) is 5.10 Å². The number of likely N-dealkylation sites (N-methyl/N-ethyl adjacent to an activating group) is 1. The van der Waals surface area contributed by atoms with Crippen LogP contribution in [0.2, 0.25) is 0 Å². The number of ether oxygens (including phenoxy) is 1. The van der Waals surface area contributed by atoms with E-state index < -0.39 is 5.91 Å². The van der Waals surface area contributed by atoms with Crippen molar-refractivity contribution in [3.63, 3.8) is 0 Å². The van der Waals surface area contributed by atoms with Gasteiger partial charge in [0.25, 0.3) is 5.91 Å². The van der Waals surface area contributed by atoms with Crippen molar-refractivity contribution in [3.05, 3.63) is 72.8 Å².